The minimum Gasteiger partial charge on any atom is -0.358 e. The molecule has 1 unspecified atom stereocenters. The van der Waals surface area contributed by atoms with Gasteiger partial charge in [0.05, 0.1) is 14.9 Å². The average Bonchev–Trinajstić information content (AvgIpc) is 2.62. The van der Waals surface area contributed by atoms with Crippen LogP contribution in [0.3, 0.4) is 0 Å². The van der Waals surface area contributed by atoms with E-state index in [0.29, 0.717) is 6.42 Å². The predicted molar refractivity (Wildman–Crippen MR) is 97.2 cm³/mol. The largest absolute Gasteiger partial charge is 0.358 e. The first-order valence-electron chi connectivity index (χ1n) is 7.60. The molecular weight excluding hydrogens is 383 g/mol. The van der Waals surface area contributed by atoms with E-state index in [1.54, 1.807) is 0 Å². The molecule has 1 atom stereocenters. The van der Waals surface area contributed by atoms with Crippen LogP contribution in [0.2, 0.25) is 10.0 Å². The van der Waals surface area contributed by atoms with Crippen LogP contribution in [0, 0.1) is 0 Å². The van der Waals surface area contributed by atoms with Crippen molar-refractivity contribution in [3.8, 4) is 0 Å². The molecule has 25 heavy (non-hydrogen) atoms. The first kappa shape index (κ1) is 18.2. The van der Waals surface area contributed by atoms with Crippen LogP contribution in [0.15, 0.2) is 47.4 Å². The first-order chi connectivity index (χ1) is 11.8. The van der Waals surface area contributed by atoms with Crippen molar-refractivity contribution in [3.63, 3.8) is 0 Å². The molecule has 0 saturated carbocycles. The van der Waals surface area contributed by atoms with E-state index in [1.165, 1.54) is 29.6 Å². The molecule has 8 heteroatoms. The predicted octanol–water partition coefficient (Wildman–Crippen LogP) is 2.86. The molecule has 1 aliphatic rings. The monoisotopic (exact) mass is 398 g/mol. The number of likely N-dealkylation sites (N-methyl/N-ethyl adjacent to an activating group) is 1. The van der Waals surface area contributed by atoms with Gasteiger partial charge in [-0.1, -0.05) is 47.5 Å². The van der Waals surface area contributed by atoms with Crippen molar-refractivity contribution in [3.05, 3.63) is 63.6 Å². The van der Waals surface area contributed by atoms with Gasteiger partial charge in [0.2, 0.25) is 15.9 Å². The van der Waals surface area contributed by atoms with Crippen LogP contribution in [-0.2, 0) is 27.8 Å². The van der Waals surface area contributed by atoms with E-state index < -0.39 is 16.1 Å². The van der Waals surface area contributed by atoms with Gasteiger partial charge >= 0.3 is 0 Å². The topological polar surface area (TPSA) is 66.5 Å². The number of carbonyl (C=O) groups excluding carboxylic acids is 1. The Morgan fingerprint density at radius 3 is 2.44 bits per heavy atom. The first-order valence-corrected chi connectivity index (χ1v) is 9.79. The Hall–Kier alpha value is -1.60. The second-order valence-electron chi connectivity index (χ2n) is 5.73. The van der Waals surface area contributed by atoms with E-state index in [-0.39, 0.29) is 27.4 Å². The average molecular weight is 399 g/mol. The molecular formula is C17H16Cl2N2O3S. The van der Waals surface area contributed by atoms with Gasteiger partial charge in [0.1, 0.15) is 6.04 Å². The van der Waals surface area contributed by atoms with Crippen LogP contribution in [0.1, 0.15) is 11.1 Å². The highest BCUT2D eigenvalue weighted by Crippen LogP contribution is 2.31. The van der Waals surface area contributed by atoms with Gasteiger partial charge < -0.3 is 5.32 Å². The fourth-order valence-electron chi connectivity index (χ4n) is 2.91. The fourth-order valence-corrected chi connectivity index (χ4v) is 4.87. The van der Waals surface area contributed by atoms with Crippen molar-refractivity contribution in [1.82, 2.24) is 9.62 Å². The highest BCUT2D eigenvalue weighted by atomic mass is 35.5. The minimum atomic E-state index is -3.92. The molecule has 5 nitrogen and oxygen atoms in total. The standard InChI is InChI=1S/C17H16Cl2N2O3S/c1-20-17(22)16-8-11-4-2-3-5-12(11)10-21(16)25(23,24)13-6-7-14(18)15(19)9-13/h2-7,9,16H,8,10H2,1H3,(H,20,22). The smallest absolute Gasteiger partial charge is 0.244 e. The molecule has 0 bridgehead atoms. The lowest BCUT2D eigenvalue weighted by molar-refractivity contribution is -0.124. The normalized spacial score (nSPS) is 17.8. The zero-order valence-corrected chi connectivity index (χ0v) is 15.7. The molecule has 3 rings (SSSR count). The van der Waals surface area contributed by atoms with E-state index in [4.69, 9.17) is 23.2 Å². The summed E-state index contributed by atoms with van der Waals surface area (Å²) in [5.41, 5.74) is 1.85. The van der Waals surface area contributed by atoms with Crippen molar-refractivity contribution in [2.24, 2.45) is 0 Å². The number of benzene rings is 2. The minimum absolute atomic E-state index is 0.00943. The maximum absolute atomic E-state index is 13.1. The third-order valence-corrected chi connectivity index (χ3v) is 6.84. The highest BCUT2D eigenvalue weighted by molar-refractivity contribution is 7.89. The summed E-state index contributed by atoms with van der Waals surface area (Å²) < 4.78 is 27.5. The van der Waals surface area contributed by atoms with Crippen LogP contribution in [0.4, 0.5) is 0 Å². The number of hydrogen-bond donors (Lipinski definition) is 1. The molecule has 0 aromatic heterocycles. The summed E-state index contributed by atoms with van der Waals surface area (Å²) >= 11 is 11.9. The van der Waals surface area contributed by atoms with E-state index >= 15 is 0 Å². The van der Waals surface area contributed by atoms with Crippen molar-refractivity contribution in [1.29, 1.82) is 0 Å². The molecule has 1 aliphatic heterocycles. The van der Waals surface area contributed by atoms with Crippen molar-refractivity contribution >= 4 is 39.1 Å². The number of nitrogens with one attached hydrogen (secondary N) is 1. The van der Waals surface area contributed by atoms with Gasteiger partial charge in [0.25, 0.3) is 0 Å². The number of fused-ring (bicyclic) bond motifs is 1. The molecule has 0 saturated heterocycles. The Balaban J connectivity index is 2.08. The van der Waals surface area contributed by atoms with Crippen LogP contribution < -0.4 is 5.32 Å². The summed E-state index contributed by atoms with van der Waals surface area (Å²) in [5, 5.41) is 2.97. The van der Waals surface area contributed by atoms with Crippen molar-refractivity contribution < 1.29 is 13.2 Å². The molecule has 0 aliphatic carbocycles. The Labute approximate surface area is 156 Å². The quantitative estimate of drug-likeness (QED) is 0.863. The number of rotatable bonds is 3. The zero-order valence-electron chi connectivity index (χ0n) is 13.4. The molecule has 0 radical (unpaired) electrons. The van der Waals surface area contributed by atoms with E-state index in [1.807, 2.05) is 24.3 Å². The molecule has 1 amide bonds. The lowest BCUT2D eigenvalue weighted by atomic mass is 9.95. The fraction of sp³-hybridized carbons (Fsp3) is 0.235. The zero-order chi connectivity index (χ0) is 18.2. The molecule has 132 valence electrons. The number of hydrogen-bond acceptors (Lipinski definition) is 3. The van der Waals surface area contributed by atoms with Crippen LogP contribution >= 0.6 is 23.2 Å². The third-order valence-electron chi connectivity index (χ3n) is 4.25. The Morgan fingerprint density at radius 1 is 1.12 bits per heavy atom. The number of amides is 1. The highest BCUT2D eigenvalue weighted by Gasteiger charge is 2.39. The van der Waals surface area contributed by atoms with Crippen molar-refractivity contribution in [2.45, 2.75) is 23.9 Å². The summed E-state index contributed by atoms with van der Waals surface area (Å²) in [6.45, 7) is 0.122. The molecule has 0 fully saturated rings. The summed E-state index contributed by atoms with van der Waals surface area (Å²) in [5.74, 6) is -0.349. The van der Waals surface area contributed by atoms with Gasteiger partial charge in [-0.05, 0) is 35.7 Å². The number of halogens is 2. The summed E-state index contributed by atoms with van der Waals surface area (Å²) in [6, 6.07) is 10.8. The van der Waals surface area contributed by atoms with Gasteiger partial charge in [-0.2, -0.15) is 4.31 Å². The second-order valence-corrected chi connectivity index (χ2v) is 8.43. The Bertz CT molecular complexity index is 931. The molecule has 1 heterocycles. The number of carbonyl (C=O) groups is 1. The number of sulfonamides is 1. The SMILES string of the molecule is CNC(=O)C1Cc2ccccc2CN1S(=O)(=O)c1ccc(Cl)c(Cl)c1. The summed E-state index contributed by atoms with van der Waals surface area (Å²) in [4.78, 5) is 12.3. The summed E-state index contributed by atoms with van der Waals surface area (Å²) in [6.07, 6.45) is 0.316. The maximum atomic E-state index is 13.1. The molecule has 1 N–H and O–H groups in total. The second kappa shape index (κ2) is 6.96. The Morgan fingerprint density at radius 2 is 1.80 bits per heavy atom. The van der Waals surface area contributed by atoms with Gasteiger partial charge in [0, 0.05) is 13.6 Å². The maximum Gasteiger partial charge on any atom is 0.244 e. The number of nitrogens with zero attached hydrogens (tertiary/aromatic N) is 1. The van der Waals surface area contributed by atoms with E-state index in [0.717, 1.165) is 11.1 Å². The molecule has 0 spiro atoms. The third kappa shape index (κ3) is 3.40. The van der Waals surface area contributed by atoms with E-state index in [2.05, 4.69) is 5.32 Å². The van der Waals surface area contributed by atoms with Crippen LogP contribution in [0.5, 0.6) is 0 Å². The van der Waals surface area contributed by atoms with E-state index in [9.17, 15) is 13.2 Å². The Kier molecular flexibility index (Phi) is 5.06. The van der Waals surface area contributed by atoms with Gasteiger partial charge in [-0.3, -0.25) is 4.79 Å². The van der Waals surface area contributed by atoms with Gasteiger partial charge in [0.15, 0.2) is 0 Å². The molecule has 2 aromatic carbocycles. The molecule has 2 aromatic rings. The van der Waals surface area contributed by atoms with Crippen LogP contribution in [0.25, 0.3) is 0 Å². The van der Waals surface area contributed by atoms with Gasteiger partial charge in [-0.25, -0.2) is 8.42 Å². The van der Waals surface area contributed by atoms with Gasteiger partial charge in [-0.15, -0.1) is 0 Å². The van der Waals surface area contributed by atoms with Crippen LogP contribution in [-0.4, -0.2) is 31.7 Å². The lowest BCUT2D eigenvalue weighted by Crippen LogP contribution is -2.51. The summed E-state index contributed by atoms with van der Waals surface area (Å²) in [7, 11) is -2.43. The van der Waals surface area contributed by atoms with Crippen molar-refractivity contribution in [2.75, 3.05) is 7.05 Å². The lowest BCUT2D eigenvalue weighted by Gasteiger charge is -2.34.